The highest BCUT2D eigenvalue weighted by molar-refractivity contribution is 5.64. The topological polar surface area (TPSA) is 38.9 Å². The van der Waals surface area contributed by atoms with E-state index in [1.54, 1.807) is 12.1 Å². The number of alkyl halides is 3. The lowest BCUT2D eigenvalue weighted by atomic mass is 10.0. The third-order valence-corrected chi connectivity index (χ3v) is 2.97. The smallest absolute Gasteiger partial charge is 0.399 e. The van der Waals surface area contributed by atoms with Crippen LogP contribution in [0.2, 0.25) is 0 Å². The molecule has 0 fully saturated rings. The van der Waals surface area contributed by atoms with E-state index in [9.17, 15) is 13.2 Å². The molecular formula is C15H15F3N2. The Hall–Kier alpha value is -2.04. The fraction of sp³-hybridized carbons (Fsp3) is 0.267. The minimum Gasteiger partial charge on any atom is -0.399 e. The van der Waals surface area contributed by atoms with Crippen molar-refractivity contribution < 1.29 is 13.2 Å². The zero-order chi connectivity index (χ0) is 14.9. The molecule has 2 nitrogen and oxygen atoms in total. The summed E-state index contributed by atoms with van der Waals surface area (Å²) in [4.78, 5) is 4.43. The molecule has 0 saturated heterocycles. The first-order chi connectivity index (χ1) is 9.27. The van der Waals surface area contributed by atoms with E-state index < -0.39 is 11.7 Å². The molecule has 1 aromatic carbocycles. The maximum absolute atomic E-state index is 12.5. The van der Waals surface area contributed by atoms with Crippen molar-refractivity contribution >= 4 is 5.69 Å². The number of pyridine rings is 1. The molecule has 0 amide bonds. The monoisotopic (exact) mass is 280 g/mol. The lowest BCUT2D eigenvalue weighted by Crippen LogP contribution is -2.04. The zero-order valence-corrected chi connectivity index (χ0v) is 11.2. The van der Waals surface area contributed by atoms with Gasteiger partial charge in [-0.15, -0.1) is 0 Å². The van der Waals surface area contributed by atoms with Crippen molar-refractivity contribution in [3.05, 3.63) is 47.7 Å². The molecule has 5 heteroatoms. The molecule has 1 heterocycles. The summed E-state index contributed by atoms with van der Waals surface area (Å²) >= 11 is 0. The SMILES string of the molecule is CC(C)c1cc(N)cc(-c2ccc(C(F)(F)F)cc2)n1. The number of rotatable bonds is 2. The van der Waals surface area contributed by atoms with Crippen molar-refractivity contribution in [2.45, 2.75) is 25.9 Å². The van der Waals surface area contributed by atoms with E-state index in [-0.39, 0.29) is 5.92 Å². The molecule has 1 aromatic heterocycles. The highest BCUT2D eigenvalue weighted by Crippen LogP contribution is 2.31. The number of hydrogen-bond acceptors (Lipinski definition) is 2. The van der Waals surface area contributed by atoms with E-state index in [1.165, 1.54) is 12.1 Å². The normalized spacial score (nSPS) is 11.9. The summed E-state index contributed by atoms with van der Waals surface area (Å²) < 4.78 is 37.6. The third kappa shape index (κ3) is 3.10. The van der Waals surface area contributed by atoms with Crippen LogP contribution in [-0.4, -0.2) is 4.98 Å². The van der Waals surface area contributed by atoms with E-state index in [0.29, 0.717) is 16.9 Å². The van der Waals surface area contributed by atoms with Crippen LogP contribution in [0.5, 0.6) is 0 Å². The second-order valence-electron chi connectivity index (χ2n) is 4.94. The molecule has 20 heavy (non-hydrogen) atoms. The fourth-order valence-corrected chi connectivity index (χ4v) is 1.85. The van der Waals surface area contributed by atoms with Crippen LogP contribution in [0, 0.1) is 0 Å². The molecule has 2 N–H and O–H groups in total. The number of anilines is 1. The first-order valence-electron chi connectivity index (χ1n) is 6.22. The average Bonchev–Trinajstić information content (AvgIpc) is 2.37. The first-order valence-corrected chi connectivity index (χ1v) is 6.22. The molecule has 0 unspecified atom stereocenters. The molecule has 2 aromatic rings. The second-order valence-corrected chi connectivity index (χ2v) is 4.94. The number of nitrogen functional groups attached to an aromatic ring is 1. The van der Waals surface area contributed by atoms with Crippen LogP contribution in [0.15, 0.2) is 36.4 Å². The quantitative estimate of drug-likeness (QED) is 0.881. The van der Waals surface area contributed by atoms with Crippen LogP contribution in [-0.2, 0) is 6.18 Å². The van der Waals surface area contributed by atoms with Gasteiger partial charge in [-0.3, -0.25) is 4.98 Å². The Bertz CT molecular complexity index is 602. The Balaban J connectivity index is 2.41. The van der Waals surface area contributed by atoms with Gasteiger partial charge in [-0.1, -0.05) is 26.0 Å². The summed E-state index contributed by atoms with van der Waals surface area (Å²) in [6.45, 7) is 3.97. The van der Waals surface area contributed by atoms with Crippen molar-refractivity contribution in [1.82, 2.24) is 4.98 Å². The summed E-state index contributed by atoms with van der Waals surface area (Å²) in [7, 11) is 0. The van der Waals surface area contributed by atoms with Gasteiger partial charge in [-0.05, 0) is 30.2 Å². The van der Waals surface area contributed by atoms with Gasteiger partial charge in [0, 0.05) is 16.9 Å². The van der Waals surface area contributed by atoms with Gasteiger partial charge in [0.25, 0.3) is 0 Å². The lowest BCUT2D eigenvalue weighted by Gasteiger charge is -2.11. The molecule has 0 saturated carbocycles. The second kappa shape index (κ2) is 5.15. The van der Waals surface area contributed by atoms with Gasteiger partial charge in [0.15, 0.2) is 0 Å². The summed E-state index contributed by atoms with van der Waals surface area (Å²) in [5, 5.41) is 0. The average molecular weight is 280 g/mol. The molecule has 0 atom stereocenters. The minimum atomic E-state index is -4.33. The Kier molecular flexibility index (Phi) is 3.70. The molecule has 0 spiro atoms. The Morgan fingerprint density at radius 2 is 1.65 bits per heavy atom. The largest absolute Gasteiger partial charge is 0.416 e. The van der Waals surface area contributed by atoms with Crippen molar-refractivity contribution in [3.63, 3.8) is 0 Å². The van der Waals surface area contributed by atoms with Gasteiger partial charge in [-0.2, -0.15) is 13.2 Å². The molecule has 0 aliphatic heterocycles. The Labute approximate surface area is 115 Å². The molecule has 0 aliphatic rings. The molecule has 2 rings (SSSR count). The van der Waals surface area contributed by atoms with E-state index in [0.717, 1.165) is 17.8 Å². The number of benzene rings is 1. The van der Waals surface area contributed by atoms with E-state index >= 15 is 0 Å². The van der Waals surface area contributed by atoms with Gasteiger partial charge in [0.2, 0.25) is 0 Å². The van der Waals surface area contributed by atoms with Crippen molar-refractivity contribution in [1.29, 1.82) is 0 Å². The van der Waals surface area contributed by atoms with Crippen LogP contribution in [0.25, 0.3) is 11.3 Å². The van der Waals surface area contributed by atoms with Crippen LogP contribution >= 0.6 is 0 Å². The van der Waals surface area contributed by atoms with Crippen LogP contribution < -0.4 is 5.73 Å². The van der Waals surface area contributed by atoms with Crippen molar-refractivity contribution in [2.24, 2.45) is 0 Å². The fourth-order valence-electron chi connectivity index (χ4n) is 1.85. The summed E-state index contributed by atoms with van der Waals surface area (Å²) in [6.07, 6.45) is -4.33. The molecule has 0 bridgehead atoms. The van der Waals surface area contributed by atoms with Gasteiger partial charge in [0.05, 0.1) is 11.3 Å². The van der Waals surface area contributed by atoms with Gasteiger partial charge >= 0.3 is 6.18 Å². The van der Waals surface area contributed by atoms with Crippen molar-refractivity contribution in [3.8, 4) is 11.3 Å². The number of aromatic nitrogens is 1. The summed E-state index contributed by atoms with van der Waals surface area (Å²) in [6, 6.07) is 8.36. The van der Waals surface area contributed by atoms with E-state index in [2.05, 4.69) is 4.98 Å². The standard InChI is InChI=1S/C15H15F3N2/c1-9(2)13-7-12(19)8-14(20-13)10-3-5-11(6-4-10)15(16,17)18/h3-9H,1-2H3,(H2,19,20). The molecular weight excluding hydrogens is 265 g/mol. The number of nitrogens with two attached hydrogens (primary N) is 1. The zero-order valence-electron chi connectivity index (χ0n) is 11.2. The highest BCUT2D eigenvalue weighted by Gasteiger charge is 2.30. The van der Waals surface area contributed by atoms with E-state index in [1.807, 2.05) is 13.8 Å². The summed E-state index contributed by atoms with van der Waals surface area (Å²) in [5.74, 6) is 0.201. The van der Waals surface area contributed by atoms with Gasteiger partial charge in [-0.25, -0.2) is 0 Å². The van der Waals surface area contributed by atoms with E-state index in [4.69, 9.17) is 5.73 Å². The predicted molar refractivity (Wildman–Crippen MR) is 73.2 cm³/mol. The number of nitrogens with zero attached hydrogens (tertiary/aromatic N) is 1. The highest BCUT2D eigenvalue weighted by atomic mass is 19.4. The van der Waals surface area contributed by atoms with Gasteiger partial charge in [0.1, 0.15) is 0 Å². The molecule has 106 valence electrons. The summed E-state index contributed by atoms with van der Waals surface area (Å²) in [5.41, 5.74) is 7.72. The van der Waals surface area contributed by atoms with Gasteiger partial charge < -0.3 is 5.73 Å². The first kappa shape index (κ1) is 14.4. The Morgan fingerprint density at radius 3 is 2.15 bits per heavy atom. The van der Waals surface area contributed by atoms with Crippen molar-refractivity contribution in [2.75, 3.05) is 5.73 Å². The Morgan fingerprint density at radius 1 is 1.05 bits per heavy atom. The maximum Gasteiger partial charge on any atom is 0.416 e. The molecule has 0 radical (unpaired) electrons. The molecule has 0 aliphatic carbocycles. The minimum absolute atomic E-state index is 0.201. The maximum atomic E-state index is 12.5. The number of hydrogen-bond donors (Lipinski definition) is 1. The lowest BCUT2D eigenvalue weighted by molar-refractivity contribution is -0.137. The van der Waals surface area contributed by atoms with Crippen LogP contribution in [0.4, 0.5) is 18.9 Å². The third-order valence-electron chi connectivity index (χ3n) is 2.97. The van der Waals surface area contributed by atoms with Crippen LogP contribution in [0.3, 0.4) is 0 Å². The number of halogens is 3. The van der Waals surface area contributed by atoms with Crippen LogP contribution in [0.1, 0.15) is 31.0 Å². The predicted octanol–water partition coefficient (Wildman–Crippen LogP) is 4.47.